The maximum absolute atomic E-state index is 13.0. The molecule has 0 spiro atoms. The molecule has 3 aromatic rings. The maximum atomic E-state index is 13.0. The van der Waals surface area contributed by atoms with Crippen LogP contribution in [0.25, 0.3) is 11.3 Å². The predicted octanol–water partition coefficient (Wildman–Crippen LogP) is 4.05. The Morgan fingerprint density at radius 2 is 1.58 bits per heavy atom. The van der Waals surface area contributed by atoms with Gasteiger partial charge in [0.15, 0.2) is 5.76 Å². The minimum Gasteiger partial charge on any atom is -0.481 e. The van der Waals surface area contributed by atoms with E-state index in [1.54, 1.807) is 6.07 Å². The monoisotopic (exact) mass is 448 g/mol. The highest BCUT2D eigenvalue weighted by Crippen LogP contribution is 2.22. The Morgan fingerprint density at radius 1 is 0.939 bits per heavy atom. The predicted molar refractivity (Wildman–Crippen MR) is 125 cm³/mol. The van der Waals surface area contributed by atoms with Crippen LogP contribution in [0.3, 0.4) is 0 Å². The fraction of sp³-hybridized carbons (Fsp3) is 0.269. The Labute approximate surface area is 192 Å². The van der Waals surface area contributed by atoms with Gasteiger partial charge in [-0.3, -0.25) is 14.4 Å². The Morgan fingerprint density at radius 3 is 2.21 bits per heavy atom. The molecule has 0 aliphatic rings. The van der Waals surface area contributed by atoms with Gasteiger partial charge in [-0.25, -0.2) is 0 Å². The third kappa shape index (κ3) is 7.07. The number of hydrogen-bond acceptors (Lipinski definition) is 4. The van der Waals surface area contributed by atoms with Crippen molar-refractivity contribution in [3.8, 4) is 11.3 Å². The van der Waals surface area contributed by atoms with Crippen LogP contribution in [0.4, 0.5) is 0 Å². The summed E-state index contributed by atoms with van der Waals surface area (Å²) in [6.07, 6.45) is 0.281. The molecule has 33 heavy (non-hydrogen) atoms. The fourth-order valence-corrected chi connectivity index (χ4v) is 3.55. The summed E-state index contributed by atoms with van der Waals surface area (Å²) in [7, 11) is 0. The van der Waals surface area contributed by atoms with Crippen molar-refractivity contribution in [1.29, 1.82) is 0 Å². The lowest BCUT2D eigenvalue weighted by Crippen LogP contribution is -2.54. The van der Waals surface area contributed by atoms with Crippen molar-refractivity contribution < 1.29 is 23.9 Å². The summed E-state index contributed by atoms with van der Waals surface area (Å²) < 4.78 is 5.66. The first kappa shape index (κ1) is 23.8. The van der Waals surface area contributed by atoms with Crippen LogP contribution in [-0.4, -0.2) is 34.5 Å². The lowest BCUT2D eigenvalue weighted by molar-refractivity contribution is -0.137. The third-order valence-corrected chi connectivity index (χ3v) is 5.11. The molecule has 0 aliphatic carbocycles. The number of hydrogen-bond donors (Lipinski definition) is 3. The summed E-state index contributed by atoms with van der Waals surface area (Å²) in [5.41, 5.74) is 1.27. The van der Waals surface area contributed by atoms with E-state index in [4.69, 9.17) is 9.52 Å². The average molecular weight is 449 g/mol. The van der Waals surface area contributed by atoms with E-state index in [2.05, 4.69) is 10.6 Å². The zero-order chi connectivity index (χ0) is 23.8. The van der Waals surface area contributed by atoms with Gasteiger partial charge in [-0.05, 0) is 44.4 Å². The fourth-order valence-electron chi connectivity index (χ4n) is 3.55. The zero-order valence-electron chi connectivity index (χ0n) is 18.7. The van der Waals surface area contributed by atoms with Crippen molar-refractivity contribution in [1.82, 2.24) is 10.6 Å². The quantitative estimate of drug-likeness (QED) is 0.434. The highest BCUT2D eigenvalue weighted by Gasteiger charge is 2.28. The molecular weight excluding hydrogens is 420 g/mol. The van der Waals surface area contributed by atoms with Crippen molar-refractivity contribution >= 4 is 17.8 Å². The number of benzene rings is 2. The van der Waals surface area contributed by atoms with Crippen molar-refractivity contribution in [3.63, 3.8) is 0 Å². The lowest BCUT2D eigenvalue weighted by Gasteiger charge is -2.29. The lowest BCUT2D eigenvalue weighted by atomic mass is 9.94. The number of carbonyl (C=O) groups is 3. The minimum absolute atomic E-state index is 0.0411. The van der Waals surface area contributed by atoms with Crippen molar-refractivity contribution in [2.24, 2.45) is 0 Å². The van der Waals surface area contributed by atoms with Crippen LogP contribution >= 0.6 is 0 Å². The first-order valence-electron chi connectivity index (χ1n) is 10.8. The molecule has 172 valence electrons. The van der Waals surface area contributed by atoms with Gasteiger partial charge in [0.2, 0.25) is 5.91 Å². The second-order valence-electron chi connectivity index (χ2n) is 8.52. The van der Waals surface area contributed by atoms with Crippen LogP contribution < -0.4 is 10.6 Å². The molecule has 2 amide bonds. The summed E-state index contributed by atoms with van der Waals surface area (Å²) in [5.74, 6) is -1.50. The number of nitrogens with one attached hydrogen (secondary N) is 2. The third-order valence-electron chi connectivity index (χ3n) is 5.11. The number of carboxylic acid groups (broad SMARTS) is 1. The normalized spacial score (nSPS) is 12.1. The SMILES string of the molecule is CC(C)(Cc1ccccc1)NC(=O)[C@H](CCC(=O)O)NC(=O)c1ccc(-c2ccccc2)o1. The highest BCUT2D eigenvalue weighted by molar-refractivity contribution is 5.96. The summed E-state index contributed by atoms with van der Waals surface area (Å²) in [5, 5.41) is 14.7. The smallest absolute Gasteiger partial charge is 0.303 e. The first-order chi connectivity index (χ1) is 15.7. The maximum Gasteiger partial charge on any atom is 0.303 e. The van der Waals surface area contributed by atoms with E-state index < -0.39 is 29.4 Å². The van der Waals surface area contributed by atoms with Crippen LogP contribution in [0.1, 0.15) is 42.8 Å². The molecule has 0 radical (unpaired) electrons. The second kappa shape index (κ2) is 10.6. The molecule has 0 saturated heterocycles. The van der Waals surface area contributed by atoms with Gasteiger partial charge in [-0.1, -0.05) is 60.7 Å². The molecule has 3 N–H and O–H groups in total. The van der Waals surface area contributed by atoms with Gasteiger partial charge in [-0.2, -0.15) is 0 Å². The summed E-state index contributed by atoms with van der Waals surface area (Å²) >= 11 is 0. The van der Waals surface area contributed by atoms with E-state index in [9.17, 15) is 14.4 Å². The van der Waals surface area contributed by atoms with Crippen LogP contribution in [-0.2, 0) is 16.0 Å². The Hall–Kier alpha value is -3.87. The molecule has 1 aromatic heterocycles. The zero-order valence-corrected chi connectivity index (χ0v) is 18.7. The van der Waals surface area contributed by atoms with Gasteiger partial charge in [0.1, 0.15) is 11.8 Å². The number of carbonyl (C=O) groups excluding carboxylic acids is 2. The minimum atomic E-state index is -1.05. The molecule has 1 atom stereocenters. The summed E-state index contributed by atoms with van der Waals surface area (Å²) in [6.45, 7) is 3.76. The van der Waals surface area contributed by atoms with E-state index in [1.165, 1.54) is 6.07 Å². The molecule has 7 heteroatoms. The van der Waals surface area contributed by atoms with Gasteiger partial charge in [0, 0.05) is 17.5 Å². The highest BCUT2D eigenvalue weighted by atomic mass is 16.4. The van der Waals surface area contributed by atoms with E-state index >= 15 is 0 Å². The van der Waals surface area contributed by atoms with Crippen molar-refractivity contribution in [2.75, 3.05) is 0 Å². The average Bonchev–Trinajstić information content (AvgIpc) is 3.27. The topological polar surface area (TPSA) is 109 Å². The second-order valence-corrected chi connectivity index (χ2v) is 8.52. The van der Waals surface area contributed by atoms with Crippen LogP contribution in [0.2, 0.25) is 0 Å². The van der Waals surface area contributed by atoms with Gasteiger partial charge in [0.25, 0.3) is 5.91 Å². The van der Waals surface area contributed by atoms with Gasteiger partial charge in [0.05, 0.1) is 0 Å². The van der Waals surface area contributed by atoms with Crippen LogP contribution in [0.5, 0.6) is 0 Å². The van der Waals surface area contributed by atoms with E-state index in [1.807, 2.05) is 74.5 Å². The van der Waals surface area contributed by atoms with Crippen LogP contribution in [0.15, 0.2) is 77.2 Å². The number of furan rings is 1. The standard InChI is InChI=1S/C26H28N2O5/c1-26(2,17-18-9-5-3-6-10-18)28-24(31)20(13-16-23(29)30)27-25(32)22-15-14-21(33-22)19-11-7-4-8-12-19/h3-12,14-15,20H,13,16-17H2,1-2H3,(H,27,32)(H,28,31)(H,29,30)/t20-/m0/s1. The molecule has 2 aromatic carbocycles. The first-order valence-corrected chi connectivity index (χ1v) is 10.8. The van der Waals surface area contributed by atoms with Crippen molar-refractivity contribution in [3.05, 3.63) is 84.1 Å². The number of rotatable bonds is 10. The van der Waals surface area contributed by atoms with E-state index in [0.29, 0.717) is 12.2 Å². The Balaban J connectivity index is 1.69. The Bertz CT molecular complexity index is 1090. The van der Waals surface area contributed by atoms with Gasteiger partial charge >= 0.3 is 5.97 Å². The van der Waals surface area contributed by atoms with Gasteiger partial charge < -0.3 is 20.2 Å². The van der Waals surface area contributed by atoms with Crippen LogP contribution in [0, 0.1) is 0 Å². The Kier molecular flexibility index (Phi) is 7.66. The van der Waals surface area contributed by atoms with E-state index in [0.717, 1.165) is 11.1 Å². The molecule has 0 saturated carbocycles. The number of carboxylic acids is 1. The van der Waals surface area contributed by atoms with E-state index in [-0.39, 0.29) is 18.6 Å². The van der Waals surface area contributed by atoms with Gasteiger partial charge in [-0.15, -0.1) is 0 Å². The van der Waals surface area contributed by atoms with Crippen molar-refractivity contribution in [2.45, 2.75) is 44.7 Å². The molecule has 3 rings (SSSR count). The largest absolute Gasteiger partial charge is 0.481 e. The molecule has 0 bridgehead atoms. The molecule has 7 nitrogen and oxygen atoms in total. The number of amides is 2. The summed E-state index contributed by atoms with van der Waals surface area (Å²) in [6, 6.07) is 21.2. The molecule has 0 fully saturated rings. The molecule has 0 unspecified atom stereocenters. The molecule has 0 aliphatic heterocycles. The number of aliphatic carboxylic acids is 1. The molecule has 1 heterocycles. The summed E-state index contributed by atoms with van der Waals surface area (Å²) in [4.78, 5) is 36.9. The molecular formula is C26H28N2O5.